The summed E-state index contributed by atoms with van der Waals surface area (Å²) < 4.78 is 15.7. The molecule has 4 aliphatic rings. The smallest absolute Gasteiger partial charge is 0.346 e. The van der Waals surface area contributed by atoms with Gasteiger partial charge in [0.2, 0.25) is 0 Å². The van der Waals surface area contributed by atoms with Crippen LogP contribution in [0.2, 0.25) is 0 Å². The summed E-state index contributed by atoms with van der Waals surface area (Å²) in [5, 5.41) is 3.15. The van der Waals surface area contributed by atoms with Crippen LogP contribution in [0, 0.1) is 23.7 Å². The molecule has 0 saturated heterocycles. The SMILES string of the molecule is COc1cccc(OC)c1C(=O)OCC(=O)NC1C2CC3CC(C2)CC1C3. The average Bonchev–Trinajstić information content (AvgIpc) is 2.67. The molecule has 146 valence electrons. The third kappa shape index (κ3) is 3.49. The van der Waals surface area contributed by atoms with E-state index in [2.05, 4.69) is 5.32 Å². The van der Waals surface area contributed by atoms with Crippen LogP contribution in [-0.4, -0.2) is 38.7 Å². The van der Waals surface area contributed by atoms with Crippen LogP contribution in [0.15, 0.2) is 18.2 Å². The first-order valence-corrected chi connectivity index (χ1v) is 9.76. The first-order valence-electron chi connectivity index (χ1n) is 9.76. The van der Waals surface area contributed by atoms with E-state index in [0.717, 1.165) is 11.8 Å². The zero-order chi connectivity index (χ0) is 19.0. The minimum atomic E-state index is -0.621. The molecule has 0 unspecified atom stereocenters. The van der Waals surface area contributed by atoms with Gasteiger partial charge in [0, 0.05) is 6.04 Å². The molecule has 4 fully saturated rings. The van der Waals surface area contributed by atoms with Crippen LogP contribution in [-0.2, 0) is 9.53 Å². The number of amides is 1. The summed E-state index contributed by atoms with van der Waals surface area (Å²) >= 11 is 0. The number of carbonyl (C=O) groups excluding carboxylic acids is 2. The maximum absolute atomic E-state index is 12.5. The quantitative estimate of drug-likeness (QED) is 0.776. The van der Waals surface area contributed by atoms with Gasteiger partial charge in [0.25, 0.3) is 5.91 Å². The Kier molecular flexibility index (Phi) is 4.98. The highest BCUT2D eigenvalue weighted by Gasteiger charge is 2.48. The minimum absolute atomic E-state index is 0.199. The van der Waals surface area contributed by atoms with Gasteiger partial charge in [-0.2, -0.15) is 0 Å². The van der Waals surface area contributed by atoms with Crippen molar-refractivity contribution in [2.75, 3.05) is 20.8 Å². The Labute approximate surface area is 159 Å². The fourth-order valence-corrected chi connectivity index (χ4v) is 5.64. The van der Waals surface area contributed by atoms with Crippen LogP contribution >= 0.6 is 0 Å². The van der Waals surface area contributed by atoms with Crippen molar-refractivity contribution in [1.29, 1.82) is 0 Å². The molecule has 27 heavy (non-hydrogen) atoms. The molecule has 0 aliphatic heterocycles. The third-order valence-electron chi connectivity index (χ3n) is 6.52. The molecule has 0 spiro atoms. The first-order chi connectivity index (χ1) is 13.1. The Balaban J connectivity index is 1.35. The highest BCUT2D eigenvalue weighted by atomic mass is 16.5. The van der Waals surface area contributed by atoms with Gasteiger partial charge in [0.05, 0.1) is 14.2 Å². The molecule has 6 nitrogen and oxygen atoms in total. The van der Waals surface area contributed by atoms with Gasteiger partial charge in [-0.25, -0.2) is 4.79 Å². The zero-order valence-corrected chi connectivity index (χ0v) is 15.9. The lowest BCUT2D eigenvalue weighted by Gasteiger charge is -2.54. The van der Waals surface area contributed by atoms with E-state index in [1.165, 1.54) is 46.3 Å². The second-order valence-corrected chi connectivity index (χ2v) is 8.14. The van der Waals surface area contributed by atoms with E-state index in [4.69, 9.17) is 14.2 Å². The van der Waals surface area contributed by atoms with Crippen LogP contribution in [0.25, 0.3) is 0 Å². The molecule has 4 aliphatic carbocycles. The fourth-order valence-electron chi connectivity index (χ4n) is 5.64. The van der Waals surface area contributed by atoms with E-state index in [1.54, 1.807) is 18.2 Å². The molecule has 1 amide bonds. The summed E-state index contributed by atoms with van der Waals surface area (Å²) in [5.41, 5.74) is 0.199. The van der Waals surface area contributed by atoms with Crippen molar-refractivity contribution in [3.05, 3.63) is 23.8 Å². The molecule has 6 heteroatoms. The molecule has 0 aromatic heterocycles. The van der Waals surface area contributed by atoms with Gasteiger partial charge in [-0.1, -0.05) is 6.07 Å². The number of methoxy groups -OCH3 is 2. The summed E-state index contributed by atoms with van der Waals surface area (Å²) in [6.07, 6.45) is 6.31. The Morgan fingerprint density at radius 3 is 2.04 bits per heavy atom. The highest BCUT2D eigenvalue weighted by molar-refractivity contribution is 5.96. The topological polar surface area (TPSA) is 73.9 Å². The highest BCUT2D eigenvalue weighted by Crippen LogP contribution is 2.53. The van der Waals surface area contributed by atoms with Crippen molar-refractivity contribution >= 4 is 11.9 Å². The number of carbonyl (C=O) groups is 2. The number of esters is 1. The van der Waals surface area contributed by atoms with Crippen molar-refractivity contribution in [3.8, 4) is 11.5 Å². The van der Waals surface area contributed by atoms with E-state index >= 15 is 0 Å². The number of benzene rings is 1. The van der Waals surface area contributed by atoms with E-state index < -0.39 is 5.97 Å². The summed E-state index contributed by atoms with van der Waals surface area (Å²) in [5.74, 6) is 2.78. The molecule has 1 N–H and O–H groups in total. The van der Waals surface area contributed by atoms with Gasteiger partial charge < -0.3 is 19.5 Å². The monoisotopic (exact) mass is 373 g/mol. The first kappa shape index (κ1) is 18.1. The van der Waals surface area contributed by atoms with Gasteiger partial charge in [-0.15, -0.1) is 0 Å². The van der Waals surface area contributed by atoms with E-state index in [1.807, 2.05) is 0 Å². The number of rotatable bonds is 6. The van der Waals surface area contributed by atoms with Crippen molar-refractivity contribution in [2.45, 2.75) is 38.1 Å². The van der Waals surface area contributed by atoms with Crippen molar-refractivity contribution in [2.24, 2.45) is 23.7 Å². The number of ether oxygens (including phenoxy) is 3. The van der Waals surface area contributed by atoms with E-state index in [-0.39, 0.29) is 24.1 Å². The molecule has 1 aromatic carbocycles. The molecule has 1 aromatic rings. The molecular weight excluding hydrogens is 346 g/mol. The van der Waals surface area contributed by atoms with Crippen LogP contribution in [0.5, 0.6) is 11.5 Å². The lowest BCUT2D eigenvalue weighted by Crippen LogP contribution is -2.56. The summed E-state index contributed by atoms with van der Waals surface area (Å²) in [7, 11) is 2.95. The standard InChI is InChI=1S/C21H27NO5/c1-25-16-4-3-5-17(26-2)19(16)21(24)27-11-18(23)22-20-14-7-12-6-13(9-14)10-15(20)8-12/h3-5,12-15,20H,6-11H2,1-2H3,(H,22,23). The van der Waals surface area contributed by atoms with Crippen molar-refractivity contribution < 1.29 is 23.8 Å². The van der Waals surface area contributed by atoms with Gasteiger partial charge >= 0.3 is 5.97 Å². The van der Waals surface area contributed by atoms with Crippen molar-refractivity contribution in [1.82, 2.24) is 5.32 Å². The number of nitrogens with one attached hydrogen (secondary N) is 1. The molecule has 5 rings (SSSR count). The van der Waals surface area contributed by atoms with Gasteiger partial charge in [0.1, 0.15) is 17.1 Å². The largest absolute Gasteiger partial charge is 0.496 e. The Bertz CT molecular complexity index is 681. The second-order valence-electron chi connectivity index (χ2n) is 8.14. The van der Waals surface area contributed by atoms with Crippen LogP contribution in [0.4, 0.5) is 0 Å². The number of hydrogen-bond donors (Lipinski definition) is 1. The molecular formula is C21H27NO5. The molecule has 4 bridgehead atoms. The summed E-state index contributed by atoms with van der Waals surface area (Å²) in [6, 6.07) is 5.29. The third-order valence-corrected chi connectivity index (χ3v) is 6.52. The Hall–Kier alpha value is -2.24. The summed E-state index contributed by atoms with van der Waals surface area (Å²) in [4.78, 5) is 24.9. The maximum Gasteiger partial charge on any atom is 0.346 e. The van der Waals surface area contributed by atoms with Crippen molar-refractivity contribution in [3.63, 3.8) is 0 Å². The van der Waals surface area contributed by atoms with E-state index in [0.29, 0.717) is 23.3 Å². The van der Waals surface area contributed by atoms with Crippen LogP contribution in [0.3, 0.4) is 0 Å². The van der Waals surface area contributed by atoms with Crippen LogP contribution < -0.4 is 14.8 Å². The molecule has 4 saturated carbocycles. The second kappa shape index (κ2) is 7.41. The predicted molar refractivity (Wildman–Crippen MR) is 98.8 cm³/mol. The number of hydrogen-bond acceptors (Lipinski definition) is 5. The Morgan fingerprint density at radius 1 is 0.963 bits per heavy atom. The molecule has 0 radical (unpaired) electrons. The maximum atomic E-state index is 12.5. The molecule has 0 atom stereocenters. The normalized spacial score (nSPS) is 30.7. The summed E-state index contributed by atoms with van der Waals surface area (Å²) in [6.45, 7) is -0.289. The Morgan fingerprint density at radius 2 is 1.52 bits per heavy atom. The van der Waals surface area contributed by atoms with Gasteiger partial charge in [0.15, 0.2) is 6.61 Å². The fraction of sp³-hybridized carbons (Fsp3) is 0.619. The lowest BCUT2D eigenvalue weighted by molar-refractivity contribution is -0.128. The molecule has 0 heterocycles. The minimum Gasteiger partial charge on any atom is -0.496 e. The van der Waals surface area contributed by atoms with Gasteiger partial charge in [-0.05, 0) is 67.9 Å². The lowest BCUT2D eigenvalue weighted by atomic mass is 9.54. The van der Waals surface area contributed by atoms with E-state index in [9.17, 15) is 9.59 Å². The predicted octanol–water partition coefficient (Wildman–Crippen LogP) is 2.80. The average molecular weight is 373 g/mol. The van der Waals surface area contributed by atoms with Gasteiger partial charge in [-0.3, -0.25) is 4.79 Å². The van der Waals surface area contributed by atoms with Crippen LogP contribution in [0.1, 0.15) is 42.5 Å². The zero-order valence-electron chi connectivity index (χ0n) is 15.9.